The van der Waals surface area contributed by atoms with Gasteiger partial charge in [-0.05, 0) is 69.2 Å². The van der Waals surface area contributed by atoms with Crippen LogP contribution in [-0.4, -0.2) is 29.2 Å². The lowest BCUT2D eigenvalue weighted by molar-refractivity contribution is -0.113. The summed E-state index contributed by atoms with van der Waals surface area (Å²) in [5, 5.41) is 6.51. The molecule has 2 N–H and O–H groups in total. The van der Waals surface area contributed by atoms with Crippen LogP contribution >= 0.6 is 0 Å². The highest BCUT2D eigenvalue weighted by Gasteiger charge is 2.34. The number of carbonyl (C=O) groups excluding carboxylic acids is 1. The number of benzene rings is 3. The standard InChI is InChI=1S/C29H30N4O3/c1-6-36-24-14-12-20(16-25(24)35-5)27-26(28(34)31-21-13-11-17(2)15-18(21)3)19(4)30-29-32-22-9-7-8-10-23(22)33(27)29/h7-16,27H,6H2,1-5H3,(H,30,32)(H,31,34)/t27-/m0/s1. The number of nitrogens with one attached hydrogen (secondary N) is 2. The third-order valence-electron chi connectivity index (χ3n) is 6.51. The van der Waals surface area contributed by atoms with Gasteiger partial charge in [0.25, 0.3) is 5.91 Å². The summed E-state index contributed by atoms with van der Waals surface area (Å²) in [5.41, 5.74) is 6.98. The number of imidazole rings is 1. The number of aryl methyl sites for hydroxylation is 2. The fourth-order valence-corrected chi connectivity index (χ4v) is 4.85. The zero-order valence-electron chi connectivity index (χ0n) is 21.2. The van der Waals surface area contributed by atoms with Crippen molar-refractivity contribution in [3.63, 3.8) is 0 Å². The monoisotopic (exact) mass is 482 g/mol. The number of methoxy groups -OCH3 is 1. The Labute approximate surface area is 210 Å². The highest BCUT2D eigenvalue weighted by atomic mass is 16.5. The SMILES string of the molecule is CCOc1ccc([C@H]2C(C(=O)Nc3ccc(C)cc3C)=C(C)Nc3nc4ccccc4n32)cc1OC. The highest BCUT2D eigenvalue weighted by molar-refractivity contribution is 6.06. The molecule has 1 atom stereocenters. The number of anilines is 2. The number of rotatable bonds is 6. The van der Waals surface area contributed by atoms with Crippen molar-refractivity contribution in [2.24, 2.45) is 0 Å². The molecule has 7 heteroatoms. The van der Waals surface area contributed by atoms with E-state index in [0.717, 1.165) is 39.1 Å². The molecule has 7 nitrogen and oxygen atoms in total. The summed E-state index contributed by atoms with van der Waals surface area (Å²) in [6, 6.07) is 19.3. The van der Waals surface area contributed by atoms with E-state index < -0.39 is 6.04 Å². The molecule has 1 amide bonds. The average Bonchev–Trinajstić information content (AvgIpc) is 3.23. The van der Waals surface area contributed by atoms with Gasteiger partial charge in [0.2, 0.25) is 5.95 Å². The van der Waals surface area contributed by atoms with Gasteiger partial charge in [-0.15, -0.1) is 0 Å². The fraction of sp³-hybridized carbons (Fsp3) is 0.241. The number of carbonyl (C=O) groups is 1. The zero-order valence-corrected chi connectivity index (χ0v) is 21.2. The van der Waals surface area contributed by atoms with Crippen molar-refractivity contribution < 1.29 is 14.3 Å². The molecule has 0 saturated carbocycles. The van der Waals surface area contributed by atoms with Gasteiger partial charge in [-0.3, -0.25) is 9.36 Å². The van der Waals surface area contributed by atoms with Gasteiger partial charge < -0.3 is 20.1 Å². The molecule has 184 valence electrons. The Morgan fingerprint density at radius 3 is 2.61 bits per heavy atom. The Balaban J connectivity index is 1.67. The van der Waals surface area contributed by atoms with Crippen LogP contribution < -0.4 is 20.1 Å². The van der Waals surface area contributed by atoms with Crippen molar-refractivity contribution in [3.05, 3.63) is 88.6 Å². The summed E-state index contributed by atoms with van der Waals surface area (Å²) in [5.74, 6) is 1.80. The molecule has 3 aromatic carbocycles. The van der Waals surface area contributed by atoms with Crippen LogP contribution in [0.1, 0.15) is 36.6 Å². The van der Waals surface area contributed by atoms with Crippen LogP contribution in [0.25, 0.3) is 11.0 Å². The minimum absolute atomic E-state index is 0.173. The van der Waals surface area contributed by atoms with Crippen molar-refractivity contribution in [2.75, 3.05) is 24.4 Å². The summed E-state index contributed by atoms with van der Waals surface area (Å²) in [7, 11) is 1.62. The zero-order chi connectivity index (χ0) is 25.4. The van der Waals surface area contributed by atoms with Crippen LogP contribution in [0.3, 0.4) is 0 Å². The maximum absolute atomic E-state index is 13.9. The second kappa shape index (κ2) is 9.41. The third-order valence-corrected chi connectivity index (χ3v) is 6.51. The maximum atomic E-state index is 13.9. The first-order chi connectivity index (χ1) is 17.4. The highest BCUT2D eigenvalue weighted by Crippen LogP contribution is 2.42. The molecular formula is C29H30N4O3. The molecule has 1 aliphatic heterocycles. The number of amides is 1. The molecule has 0 spiro atoms. The molecule has 4 aromatic rings. The van der Waals surface area contributed by atoms with Crippen molar-refractivity contribution in [1.82, 2.24) is 9.55 Å². The first kappa shape index (κ1) is 23.5. The van der Waals surface area contributed by atoms with E-state index in [-0.39, 0.29) is 5.91 Å². The summed E-state index contributed by atoms with van der Waals surface area (Å²) >= 11 is 0. The van der Waals surface area contributed by atoms with E-state index in [1.54, 1.807) is 7.11 Å². The van der Waals surface area contributed by atoms with Gasteiger partial charge in [0, 0.05) is 11.4 Å². The van der Waals surface area contributed by atoms with Gasteiger partial charge in [0.05, 0.1) is 36.4 Å². The first-order valence-corrected chi connectivity index (χ1v) is 12.0. The van der Waals surface area contributed by atoms with E-state index >= 15 is 0 Å². The second-order valence-corrected chi connectivity index (χ2v) is 8.98. The number of allylic oxidation sites excluding steroid dienone is 1. The predicted molar refractivity (Wildman–Crippen MR) is 143 cm³/mol. The molecule has 0 fully saturated rings. The van der Waals surface area contributed by atoms with Crippen molar-refractivity contribution in [2.45, 2.75) is 33.7 Å². The molecule has 0 radical (unpaired) electrons. The molecule has 0 saturated heterocycles. The molecular weight excluding hydrogens is 452 g/mol. The van der Waals surface area contributed by atoms with Crippen LogP contribution in [0.4, 0.5) is 11.6 Å². The smallest absolute Gasteiger partial charge is 0.255 e. The molecule has 0 bridgehead atoms. The molecule has 2 heterocycles. The number of ether oxygens (including phenoxy) is 2. The number of hydrogen-bond donors (Lipinski definition) is 2. The van der Waals surface area contributed by atoms with Gasteiger partial charge in [0.1, 0.15) is 0 Å². The molecule has 0 unspecified atom stereocenters. The number of aromatic nitrogens is 2. The lowest BCUT2D eigenvalue weighted by Crippen LogP contribution is -2.31. The van der Waals surface area contributed by atoms with Crippen LogP contribution in [0.2, 0.25) is 0 Å². The van der Waals surface area contributed by atoms with Gasteiger partial charge in [-0.2, -0.15) is 0 Å². The maximum Gasteiger partial charge on any atom is 0.255 e. The number of nitrogens with zero attached hydrogens (tertiary/aromatic N) is 2. The van der Waals surface area contributed by atoms with E-state index in [2.05, 4.69) is 21.3 Å². The Morgan fingerprint density at radius 1 is 1.06 bits per heavy atom. The van der Waals surface area contributed by atoms with E-state index in [1.165, 1.54) is 0 Å². The Bertz CT molecular complexity index is 1500. The van der Waals surface area contributed by atoms with Crippen LogP contribution in [-0.2, 0) is 4.79 Å². The molecule has 1 aliphatic rings. The lowest BCUT2D eigenvalue weighted by atomic mass is 9.93. The van der Waals surface area contributed by atoms with Gasteiger partial charge >= 0.3 is 0 Å². The quantitative estimate of drug-likeness (QED) is 0.353. The summed E-state index contributed by atoms with van der Waals surface area (Å²) in [6.07, 6.45) is 0. The molecule has 0 aliphatic carbocycles. The van der Waals surface area contributed by atoms with E-state index in [0.29, 0.717) is 29.6 Å². The number of hydrogen-bond acceptors (Lipinski definition) is 5. The Morgan fingerprint density at radius 2 is 1.86 bits per heavy atom. The summed E-state index contributed by atoms with van der Waals surface area (Å²) in [4.78, 5) is 18.7. The Hall–Kier alpha value is -4.26. The average molecular weight is 483 g/mol. The number of fused-ring (bicyclic) bond motifs is 3. The normalized spacial score (nSPS) is 14.9. The van der Waals surface area contributed by atoms with Crippen LogP contribution in [0.15, 0.2) is 71.9 Å². The largest absolute Gasteiger partial charge is 0.493 e. The van der Waals surface area contributed by atoms with Gasteiger partial charge in [0.15, 0.2) is 11.5 Å². The Kier molecular flexibility index (Phi) is 6.14. The van der Waals surface area contributed by atoms with Crippen molar-refractivity contribution in [3.8, 4) is 11.5 Å². The molecule has 1 aromatic heterocycles. The summed E-state index contributed by atoms with van der Waals surface area (Å²) < 4.78 is 13.5. The van der Waals surface area contributed by atoms with Crippen molar-refractivity contribution >= 4 is 28.6 Å². The third kappa shape index (κ3) is 4.06. The molecule has 5 rings (SSSR count). The van der Waals surface area contributed by atoms with E-state index in [4.69, 9.17) is 14.5 Å². The first-order valence-electron chi connectivity index (χ1n) is 12.0. The predicted octanol–water partition coefficient (Wildman–Crippen LogP) is 5.99. The van der Waals surface area contributed by atoms with Crippen LogP contribution in [0, 0.1) is 13.8 Å². The lowest BCUT2D eigenvalue weighted by Gasteiger charge is -2.31. The minimum atomic E-state index is -0.427. The minimum Gasteiger partial charge on any atom is -0.493 e. The van der Waals surface area contributed by atoms with Gasteiger partial charge in [-0.25, -0.2) is 4.98 Å². The molecule has 36 heavy (non-hydrogen) atoms. The van der Waals surface area contributed by atoms with Crippen LogP contribution in [0.5, 0.6) is 11.5 Å². The summed E-state index contributed by atoms with van der Waals surface area (Å²) in [6.45, 7) is 8.42. The number of para-hydroxylation sites is 2. The van der Waals surface area contributed by atoms with Gasteiger partial charge in [-0.1, -0.05) is 35.9 Å². The second-order valence-electron chi connectivity index (χ2n) is 8.98. The van der Waals surface area contributed by atoms with E-state index in [1.807, 2.05) is 82.3 Å². The topological polar surface area (TPSA) is 77.4 Å². The van der Waals surface area contributed by atoms with E-state index in [9.17, 15) is 4.79 Å². The fourth-order valence-electron chi connectivity index (χ4n) is 4.85. The van der Waals surface area contributed by atoms with Crippen molar-refractivity contribution in [1.29, 1.82) is 0 Å².